The van der Waals surface area contributed by atoms with E-state index in [0.717, 1.165) is 29.5 Å². The largest absolute Gasteiger partial charge is 0.492 e. The van der Waals surface area contributed by atoms with Crippen LogP contribution in [0.15, 0.2) is 73.1 Å². The Hall–Kier alpha value is -3.14. The highest BCUT2D eigenvalue weighted by atomic mass is 16.5. The normalized spacial score (nSPS) is 10.4. The number of esters is 1. The number of aromatic nitrogens is 1. The molecule has 0 aliphatic carbocycles. The minimum Gasteiger partial charge on any atom is -0.492 e. The van der Waals surface area contributed by atoms with Crippen molar-refractivity contribution in [2.75, 3.05) is 6.61 Å². The summed E-state index contributed by atoms with van der Waals surface area (Å²) in [5, 5.41) is 0. The van der Waals surface area contributed by atoms with Crippen LogP contribution in [0.3, 0.4) is 0 Å². The first-order valence-corrected chi connectivity index (χ1v) is 9.17. The second-order valence-electron chi connectivity index (χ2n) is 6.18. The van der Waals surface area contributed by atoms with Crippen molar-refractivity contribution in [1.29, 1.82) is 0 Å². The molecule has 138 valence electrons. The molecule has 0 atom stereocenters. The van der Waals surface area contributed by atoms with Gasteiger partial charge in [-0.05, 0) is 35.7 Å². The minimum absolute atomic E-state index is 0.230. The van der Waals surface area contributed by atoms with Gasteiger partial charge in [-0.2, -0.15) is 0 Å². The maximum atomic E-state index is 12.7. The van der Waals surface area contributed by atoms with E-state index in [1.54, 1.807) is 18.5 Å². The number of rotatable bonds is 8. The van der Waals surface area contributed by atoms with Crippen LogP contribution in [0.5, 0.6) is 5.75 Å². The van der Waals surface area contributed by atoms with Crippen LogP contribution in [0.2, 0.25) is 0 Å². The molecule has 4 nitrogen and oxygen atoms in total. The number of pyridine rings is 1. The lowest BCUT2D eigenvalue weighted by molar-refractivity contribution is 0.0468. The molecule has 0 aliphatic heterocycles. The molecule has 0 unspecified atom stereocenters. The van der Waals surface area contributed by atoms with Gasteiger partial charge in [0.25, 0.3) is 0 Å². The van der Waals surface area contributed by atoms with Crippen molar-refractivity contribution in [2.24, 2.45) is 0 Å². The van der Waals surface area contributed by atoms with Crippen LogP contribution in [0.1, 0.15) is 35.7 Å². The van der Waals surface area contributed by atoms with Crippen molar-refractivity contribution in [2.45, 2.75) is 26.4 Å². The first-order chi connectivity index (χ1) is 13.3. The van der Waals surface area contributed by atoms with Crippen LogP contribution in [-0.4, -0.2) is 17.6 Å². The monoisotopic (exact) mass is 361 g/mol. The Bertz CT molecular complexity index is 863. The van der Waals surface area contributed by atoms with Crippen molar-refractivity contribution < 1.29 is 14.3 Å². The van der Waals surface area contributed by atoms with E-state index in [2.05, 4.69) is 11.9 Å². The molecule has 4 heteroatoms. The quantitative estimate of drug-likeness (QED) is 0.404. The van der Waals surface area contributed by atoms with Crippen molar-refractivity contribution in [3.63, 3.8) is 0 Å². The summed E-state index contributed by atoms with van der Waals surface area (Å²) >= 11 is 0. The fourth-order valence-electron chi connectivity index (χ4n) is 2.73. The number of carbonyl (C=O) groups is 1. The van der Waals surface area contributed by atoms with E-state index in [9.17, 15) is 4.79 Å². The molecule has 0 spiro atoms. The predicted octanol–water partition coefficient (Wildman–Crippen LogP) is 5.28. The molecule has 0 radical (unpaired) electrons. The molecule has 0 bridgehead atoms. The topological polar surface area (TPSA) is 48.4 Å². The van der Waals surface area contributed by atoms with Gasteiger partial charge >= 0.3 is 5.97 Å². The smallest absolute Gasteiger partial charge is 0.342 e. The van der Waals surface area contributed by atoms with Crippen molar-refractivity contribution in [3.8, 4) is 16.9 Å². The van der Waals surface area contributed by atoms with Gasteiger partial charge in [0.1, 0.15) is 17.9 Å². The average molecular weight is 361 g/mol. The first kappa shape index (κ1) is 18.6. The molecule has 0 N–H and O–H groups in total. The Kier molecular flexibility index (Phi) is 6.58. The van der Waals surface area contributed by atoms with Gasteiger partial charge < -0.3 is 9.47 Å². The summed E-state index contributed by atoms with van der Waals surface area (Å²) in [5.74, 6) is 0.177. The molecule has 0 saturated heterocycles. The molecule has 3 aromatic rings. The zero-order valence-electron chi connectivity index (χ0n) is 15.4. The number of para-hydroxylation sites is 1. The zero-order chi connectivity index (χ0) is 18.9. The van der Waals surface area contributed by atoms with Crippen LogP contribution >= 0.6 is 0 Å². The van der Waals surface area contributed by atoms with E-state index >= 15 is 0 Å². The Morgan fingerprint density at radius 3 is 2.48 bits per heavy atom. The summed E-state index contributed by atoms with van der Waals surface area (Å²) in [4.78, 5) is 16.8. The van der Waals surface area contributed by atoms with Gasteiger partial charge in [-0.1, -0.05) is 55.8 Å². The van der Waals surface area contributed by atoms with Gasteiger partial charge in [0, 0.05) is 18.0 Å². The van der Waals surface area contributed by atoms with E-state index in [-0.39, 0.29) is 12.6 Å². The maximum Gasteiger partial charge on any atom is 0.342 e. The number of ether oxygens (including phenoxy) is 2. The lowest BCUT2D eigenvalue weighted by atomic mass is 10.0. The molecule has 1 heterocycles. The third-order valence-corrected chi connectivity index (χ3v) is 4.18. The van der Waals surface area contributed by atoms with Gasteiger partial charge in [-0.25, -0.2) is 4.79 Å². The molecule has 27 heavy (non-hydrogen) atoms. The highest BCUT2D eigenvalue weighted by Crippen LogP contribution is 2.34. The van der Waals surface area contributed by atoms with Gasteiger partial charge in [-0.15, -0.1) is 0 Å². The summed E-state index contributed by atoms with van der Waals surface area (Å²) < 4.78 is 11.5. The van der Waals surface area contributed by atoms with Crippen LogP contribution in [-0.2, 0) is 11.3 Å². The lowest BCUT2D eigenvalue weighted by Gasteiger charge is -2.15. The van der Waals surface area contributed by atoms with E-state index < -0.39 is 0 Å². The molecule has 0 fully saturated rings. The average Bonchev–Trinajstić information content (AvgIpc) is 2.73. The highest BCUT2D eigenvalue weighted by Gasteiger charge is 2.19. The van der Waals surface area contributed by atoms with Gasteiger partial charge in [0.15, 0.2) is 0 Å². The highest BCUT2D eigenvalue weighted by molar-refractivity contribution is 5.95. The SMILES string of the molecule is CCCCOc1c(C(=O)OCc2ccccc2)cccc1-c1ccncc1. The maximum absolute atomic E-state index is 12.7. The molecule has 0 aliphatic rings. The van der Waals surface area contributed by atoms with Crippen molar-refractivity contribution >= 4 is 5.97 Å². The van der Waals surface area contributed by atoms with E-state index in [0.29, 0.717) is 17.9 Å². The van der Waals surface area contributed by atoms with Crippen LogP contribution in [0, 0.1) is 0 Å². The number of benzene rings is 2. The number of nitrogens with zero attached hydrogens (tertiary/aromatic N) is 1. The predicted molar refractivity (Wildman–Crippen MR) is 106 cm³/mol. The zero-order valence-corrected chi connectivity index (χ0v) is 15.4. The lowest BCUT2D eigenvalue weighted by Crippen LogP contribution is -2.10. The van der Waals surface area contributed by atoms with Gasteiger partial charge in [0.05, 0.1) is 6.61 Å². The summed E-state index contributed by atoms with van der Waals surface area (Å²) in [6.07, 6.45) is 5.39. The first-order valence-electron chi connectivity index (χ1n) is 9.17. The molecule has 0 amide bonds. The second-order valence-corrected chi connectivity index (χ2v) is 6.18. The summed E-state index contributed by atoms with van der Waals surface area (Å²) in [5.41, 5.74) is 3.21. The molecule has 2 aromatic carbocycles. The number of unbranched alkanes of at least 4 members (excludes halogenated alkanes) is 1. The van der Waals surface area contributed by atoms with Gasteiger partial charge in [-0.3, -0.25) is 4.98 Å². The van der Waals surface area contributed by atoms with E-state index in [1.807, 2.05) is 54.6 Å². The Morgan fingerprint density at radius 1 is 0.963 bits per heavy atom. The Morgan fingerprint density at radius 2 is 1.74 bits per heavy atom. The van der Waals surface area contributed by atoms with Crippen LogP contribution in [0.4, 0.5) is 0 Å². The molecular formula is C23H23NO3. The summed E-state index contributed by atoms with van der Waals surface area (Å²) in [7, 11) is 0. The molecule has 1 aromatic heterocycles. The minimum atomic E-state index is -0.388. The third kappa shape index (κ3) is 4.94. The Labute approximate surface area is 159 Å². The molecular weight excluding hydrogens is 338 g/mol. The summed E-state index contributed by atoms with van der Waals surface area (Å²) in [6, 6.07) is 19.0. The van der Waals surface area contributed by atoms with Gasteiger partial charge in [0.2, 0.25) is 0 Å². The Balaban J connectivity index is 1.87. The number of hydrogen-bond acceptors (Lipinski definition) is 4. The molecule has 0 saturated carbocycles. The van der Waals surface area contributed by atoms with E-state index in [1.165, 1.54) is 0 Å². The third-order valence-electron chi connectivity index (χ3n) is 4.18. The number of carbonyl (C=O) groups excluding carboxylic acids is 1. The second kappa shape index (κ2) is 9.53. The number of hydrogen-bond donors (Lipinski definition) is 0. The van der Waals surface area contributed by atoms with Crippen LogP contribution < -0.4 is 4.74 Å². The van der Waals surface area contributed by atoms with Crippen molar-refractivity contribution in [3.05, 3.63) is 84.2 Å². The fraction of sp³-hybridized carbons (Fsp3) is 0.217. The molecule has 3 rings (SSSR count). The summed E-state index contributed by atoms with van der Waals surface area (Å²) in [6.45, 7) is 2.89. The fourth-order valence-corrected chi connectivity index (χ4v) is 2.73. The van der Waals surface area contributed by atoms with Crippen molar-refractivity contribution in [1.82, 2.24) is 4.98 Å². The standard InChI is InChI=1S/C23H23NO3/c1-2-3-16-26-22-20(19-12-14-24-15-13-19)10-7-11-21(22)23(25)27-17-18-8-5-4-6-9-18/h4-15H,2-3,16-17H2,1H3. The van der Waals surface area contributed by atoms with E-state index in [4.69, 9.17) is 9.47 Å². The van der Waals surface area contributed by atoms with Crippen LogP contribution in [0.25, 0.3) is 11.1 Å².